The summed E-state index contributed by atoms with van der Waals surface area (Å²) in [6.45, 7) is 3.99. The van der Waals surface area contributed by atoms with Crippen molar-refractivity contribution < 1.29 is 19.1 Å². The van der Waals surface area contributed by atoms with E-state index in [0.717, 1.165) is 54.4 Å². The molecule has 0 saturated carbocycles. The molecular formula is C28H32N2O4. The van der Waals surface area contributed by atoms with E-state index in [-0.39, 0.29) is 24.2 Å². The summed E-state index contributed by atoms with van der Waals surface area (Å²) in [6, 6.07) is 14.2. The molecule has 2 aromatic carbocycles. The minimum Gasteiger partial charge on any atom is -0.465 e. The molecule has 2 amide bonds. The molecule has 0 radical (unpaired) electrons. The first-order valence-electron chi connectivity index (χ1n) is 12.5. The molecule has 5 rings (SSSR count). The van der Waals surface area contributed by atoms with Gasteiger partial charge in [0, 0.05) is 31.1 Å². The number of esters is 1. The molecule has 0 N–H and O–H groups in total. The number of fused-ring (bicyclic) bond motifs is 2. The smallest absolute Gasteiger partial charge is 0.318 e. The molecule has 2 atom stereocenters. The molecule has 2 heterocycles. The Kier molecular flexibility index (Phi) is 6.15. The van der Waals surface area contributed by atoms with Crippen LogP contribution in [0.15, 0.2) is 54.2 Å². The van der Waals surface area contributed by atoms with Crippen molar-refractivity contribution in [2.24, 2.45) is 11.3 Å². The van der Waals surface area contributed by atoms with Crippen LogP contribution in [0.2, 0.25) is 0 Å². The molecule has 34 heavy (non-hydrogen) atoms. The van der Waals surface area contributed by atoms with Crippen molar-refractivity contribution in [3.63, 3.8) is 0 Å². The van der Waals surface area contributed by atoms with Crippen LogP contribution in [0.5, 0.6) is 0 Å². The zero-order valence-corrected chi connectivity index (χ0v) is 19.8. The van der Waals surface area contributed by atoms with E-state index < -0.39 is 11.3 Å². The monoisotopic (exact) mass is 460 g/mol. The Labute approximate surface area is 200 Å². The standard InChI is InChI=1S/C28H32N2O4/c1-2-34-27(33)28-14-8-13-24(28)30(19-21-11-7-10-20-9-3-4-12-23(20)21)26(32)22(18-28)17-25(31)29-15-5-6-16-29/h3-4,7,9-13,22H,2,5-6,8,14-19H2,1H3/t22-,28-/m0/s1. The normalized spacial score (nSPS) is 24.3. The highest BCUT2D eigenvalue weighted by Crippen LogP contribution is 2.51. The lowest BCUT2D eigenvalue weighted by Crippen LogP contribution is -2.52. The van der Waals surface area contributed by atoms with Crippen molar-refractivity contribution in [3.05, 3.63) is 59.8 Å². The number of likely N-dealkylation sites (tertiary alicyclic amines) is 2. The number of rotatable bonds is 6. The molecule has 2 saturated heterocycles. The second-order valence-corrected chi connectivity index (χ2v) is 9.69. The summed E-state index contributed by atoms with van der Waals surface area (Å²) in [5.74, 6) is -0.838. The summed E-state index contributed by atoms with van der Waals surface area (Å²) in [6.07, 6.45) is 5.89. The zero-order chi connectivity index (χ0) is 23.7. The van der Waals surface area contributed by atoms with E-state index in [4.69, 9.17) is 4.74 Å². The van der Waals surface area contributed by atoms with Crippen molar-refractivity contribution in [3.8, 4) is 0 Å². The maximum absolute atomic E-state index is 13.8. The molecule has 0 unspecified atom stereocenters. The van der Waals surface area contributed by atoms with Crippen LogP contribution in [0.1, 0.15) is 51.0 Å². The van der Waals surface area contributed by atoms with Gasteiger partial charge in [-0.05, 0) is 55.4 Å². The Morgan fingerprint density at radius 2 is 1.85 bits per heavy atom. The average Bonchev–Trinajstić information content (AvgIpc) is 3.53. The molecule has 0 bridgehead atoms. The highest BCUT2D eigenvalue weighted by atomic mass is 16.5. The molecule has 178 valence electrons. The van der Waals surface area contributed by atoms with Gasteiger partial charge in [0.1, 0.15) is 5.41 Å². The van der Waals surface area contributed by atoms with E-state index >= 15 is 0 Å². The maximum atomic E-state index is 13.8. The third kappa shape index (κ3) is 3.89. The summed E-state index contributed by atoms with van der Waals surface area (Å²) in [5.41, 5.74) is 0.932. The third-order valence-corrected chi connectivity index (χ3v) is 7.65. The van der Waals surface area contributed by atoms with Crippen LogP contribution in [-0.2, 0) is 25.7 Å². The van der Waals surface area contributed by atoms with E-state index in [2.05, 4.69) is 18.2 Å². The van der Waals surface area contributed by atoms with E-state index in [1.54, 1.807) is 4.90 Å². The van der Waals surface area contributed by atoms with E-state index in [9.17, 15) is 14.4 Å². The lowest BCUT2D eigenvalue weighted by Gasteiger charge is -2.44. The quantitative estimate of drug-likeness (QED) is 0.598. The number of hydrogen-bond acceptors (Lipinski definition) is 4. The van der Waals surface area contributed by atoms with Gasteiger partial charge < -0.3 is 14.5 Å². The number of piperidine rings is 1. The lowest BCUT2D eigenvalue weighted by molar-refractivity contribution is -0.161. The number of carbonyl (C=O) groups excluding carboxylic acids is 3. The maximum Gasteiger partial charge on any atom is 0.318 e. The molecule has 2 aliphatic heterocycles. The van der Waals surface area contributed by atoms with Crippen molar-refractivity contribution >= 4 is 28.6 Å². The molecule has 1 aliphatic carbocycles. The van der Waals surface area contributed by atoms with Gasteiger partial charge in [-0.2, -0.15) is 0 Å². The topological polar surface area (TPSA) is 66.9 Å². The van der Waals surface area contributed by atoms with Crippen LogP contribution >= 0.6 is 0 Å². The Morgan fingerprint density at radius 3 is 2.65 bits per heavy atom. The number of carbonyl (C=O) groups is 3. The number of ether oxygens (including phenoxy) is 1. The minimum absolute atomic E-state index is 0.0189. The lowest BCUT2D eigenvalue weighted by atomic mass is 9.71. The van der Waals surface area contributed by atoms with Crippen LogP contribution < -0.4 is 0 Å². The van der Waals surface area contributed by atoms with Gasteiger partial charge in [-0.1, -0.05) is 48.5 Å². The predicted molar refractivity (Wildman–Crippen MR) is 129 cm³/mol. The second-order valence-electron chi connectivity index (χ2n) is 9.69. The van der Waals surface area contributed by atoms with Crippen molar-refractivity contribution in [1.29, 1.82) is 0 Å². The van der Waals surface area contributed by atoms with Gasteiger partial charge in [0.25, 0.3) is 0 Å². The fraction of sp³-hybridized carbons (Fsp3) is 0.464. The number of allylic oxidation sites excluding steroid dienone is 1. The molecule has 6 heteroatoms. The molecule has 0 aromatic heterocycles. The Bertz CT molecular complexity index is 1140. The van der Waals surface area contributed by atoms with Gasteiger partial charge in [-0.3, -0.25) is 14.4 Å². The highest BCUT2D eigenvalue weighted by Gasteiger charge is 2.55. The van der Waals surface area contributed by atoms with Crippen molar-refractivity contribution in [2.45, 2.75) is 52.0 Å². The van der Waals surface area contributed by atoms with Crippen molar-refractivity contribution in [1.82, 2.24) is 9.80 Å². The summed E-state index contributed by atoms with van der Waals surface area (Å²) < 4.78 is 5.53. The SMILES string of the molecule is CCOC(=O)[C@]12CCC=C1N(Cc1cccc3ccccc13)C(=O)[C@@H](CC(=O)N1CCCC1)C2. The van der Waals surface area contributed by atoms with Gasteiger partial charge in [-0.25, -0.2) is 0 Å². The Morgan fingerprint density at radius 1 is 1.09 bits per heavy atom. The summed E-state index contributed by atoms with van der Waals surface area (Å²) >= 11 is 0. The molecule has 2 aromatic rings. The average molecular weight is 461 g/mol. The first-order chi connectivity index (χ1) is 16.5. The zero-order valence-electron chi connectivity index (χ0n) is 19.8. The largest absolute Gasteiger partial charge is 0.465 e. The first kappa shape index (κ1) is 22.6. The van der Waals surface area contributed by atoms with Crippen LogP contribution in [0.25, 0.3) is 10.8 Å². The minimum atomic E-state index is -0.857. The number of nitrogens with zero attached hydrogens (tertiary/aromatic N) is 2. The molecular weight excluding hydrogens is 428 g/mol. The Balaban J connectivity index is 1.51. The molecule has 0 spiro atoms. The van der Waals surface area contributed by atoms with Crippen LogP contribution in [-0.4, -0.2) is 47.3 Å². The van der Waals surface area contributed by atoms with Crippen molar-refractivity contribution in [2.75, 3.05) is 19.7 Å². The predicted octanol–water partition coefficient (Wildman–Crippen LogP) is 4.43. The van der Waals surface area contributed by atoms with E-state index in [0.29, 0.717) is 26.0 Å². The number of hydrogen-bond donors (Lipinski definition) is 0. The van der Waals surface area contributed by atoms with Crippen LogP contribution in [0, 0.1) is 11.3 Å². The molecule has 2 fully saturated rings. The van der Waals surface area contributed by atoms with Gasteiger partial charge in [0.15, 0.2) is 0 Å². The van der Waals surface area contributed by atoms with Gasteiger partial charge in [-0.15, -0.1) is 0 Å². The summed E-state index contributed by atoms with van der Waals surface area (Å²) in [7, 11) is 0. The van der Waals surface area contributed by atoms with Gasteiger partial charge >= 0.3 is 5.97 Å². The molecule has 3 aliphatic rings. The fourth-order valence-corrected chi connectivity index (χ4v) is 5.99. The molecule has 6 nitrogen and oxygen atoms in total. The number of amides is 2. The fourth-order valence-electron chi connectivity index (χ4n) is 5.99. The van der Waals surface area contributed by atoms with Crippen LogP contribution in [0.4, 0.5) is 0 Å². The highest BCUT2D eigenvalue weighted by molar-refractivity contribution is 5.93. The summed E-state index contributed by atoms with van der Waals surface area (Å²) in [4.78, 5) is 43.8. The van der Waals surface area contributed by atoms with Gasteiger partial charge in [0.2, 0.25) is 11.8 Å². The summed E-state index contributed by atoms with van der Waals surface area (Å²) in [5, 5.41) is 2.20. The van der Waals surface area contributed by atoms with E-state index in [1.165, 1.54) is 0 Å². The second kappa shape index (κ2) is 9.24. The van der Waals surface area contributed by atoms with E-state index in [1.807, 2.05) is 42.2 Å². The van der Waals surface area contributed by atoms with Crippen LogP contribution in [0.3, 0.4) is 0 Å². The number of benzene rings is 2. The van der Waals surface area contributed by atoms with Gasteiger partial charge in [0.05, 0.1) is 13.2 Å². The Hall–Kier alpha value is -3.15. The first-order valence-corrected chi connectivity index (χ1v) is 12.5. The third-order valence-electron chi connectivity index (χ3n) is 7.65.